The van der Waals surface area contributed by atoms with Crippen LogP contribution in [0.25, 0.3) is 22.9 Å². The lowest BCUT2D eigenvalue weighted by molar-refractivity contribution is 0.557. The topological polar surface area (TPSA) is 43.6 Å². The first kappa shape index (κ1) is 14.4. The van der Waals surface area contributed by atoms with E-state index in [1.165, 1.54) is 12.8 Å². The maximum Gasteiger partial charge on any atom is 0.181 e. The Morgan fingerprint density at radius 3 is 2.50 bits per heavy atom. The number of unbranched alkanes of at least 4 members (excludes halogenated alkanes) is 2. The number of aryl methyl sites for hydroxylation is 1. The molecule has 0 aliphatic rings. The molecule has 2 aromatic heterocycles. The number of benzene rings is 1. The number of nitrogens with zero attached hydrogens (tertiary/aromatic N) is 4. The first-order valence-corrected chi connectivity index (χ1v) is 7.80. The van der Waals surface area contributed by atoms with Gasteiger partial charge in [-0.1, -0.05) is 56.2 Å². The zero-order valence-corrected chi connectivity index (χ0v) is 12.8. The van der Waals surface area contributed by atoms with Crippen molar-refractivity contribution in [1.29, 1.82) is 0 Å². The molecular formula is C18H20N4. The zero-order valence-electron chi connectivity index (χ0n) is 12.8. The normalized spacial score (nSPS) is 10.8. The number of hydrogen-bond donors (Lipinski definition) is 0. The molecule has 4 heteroatoms. The van der Waals surface area contributed by atoms with Crippen LogP contribution < -0.4 is 0 Å². The van der Waals surface area contributed by atoms with Gasteiger partial charge in [-0.3, -0.25) is 4.98 Å². The zero-order chi connectivity index (χ0) is 15.2. The summed E-state index contributed by atoms with van der Waals surface area (Å²) in [6.07, 6.45) is 5.29. The lowest BCUT2D eigenvalue weighted by Crippen LogP contribution is -2.03. The molecule has 0 atom stereocenters. The molecule has 0 aliphatic heterocycles. The Morgan fingerprint density at radius 1 is 0.955 bits per heavy atom. The minimum Gasteiger partial charge on any atom is -0.253 e. The molecular weight excluding hydrogens is 272 g/mol. The summed E-state index contributed by atoms with van der Waals surface area (Å²) in [6, 6.07) is 16.0. The number of rotatable bonds is 6. The maximum atomic E-state index is 4.72. The Labute approximate surface area is 130 Å². The van der Waals surface area contributed by atoms with E-state index in [0.29, 0.717) is 0 Å². The molecule has 0 bridgehead atoms. The molecule has 0 saturated heterocycles. The smallest absolute Gasteiger partial charge is 0.181 e. The highest BCUT2D eigenvalue weighted by Gasteiger charge is 2.13. The van der Waals surface area contributed by atoms with Crippen molar-refractivity contribution in [2.45, 2.75) is 32.7 Å². The van der Waals surface area contributed by atoms with Gasteiger partial charge in [0.1, 0.15) is 5.69 Å². The lowest BCUT2D eigenvalue weighted by atomic mass is 10.2. The Hall–Kier alpha value is -2.49. The van der Waals surface area contributed by atoms with Crippen LogP contribution in [0, 0.1) is 0 Å². The molecule has 3 aromatic rings. The largest absolute Gasteiger partial charge is 0.253 e. The quantitative estimate of drug-likeness (QED) is 0.640. The fourth-order valence-corrected chi connectivity index (χ4v) is 2.40. The number of pyridine rings is 1. The van der Waals surface area contributed by atoms with Crippen LogP contribution in [0.3, 0.4) is 0 Å². The average Bonchev–Trinajstić information content (AvgIpc) is 3.01. The lowest BCUT2D eigenvalue weighted by Gasteiger charge is -2.04. The van der Waals surface area contributed by atoms with Crippen LogP contribution in [0.2, 0.25) is 0 Å². The second-order valence-electron chi connectivity index (χ2n) is 5.27. The Kier molecular flexibility index (Phi) is 4.59. The van der Waals surface area contributed by atoms with Crippen molar-refractivity contribution in [3.63, 3.8) is 0 Å². The Morgan fingerprint density at radius 2 is 1.77 bits per heavy atom. The monoisotopic (exact) mass is 292 g/mol. The number of hydrogen-bond acceptors (Lipinski definition) is 3. The fourth-order valence-electron chi connectivity index (χ4n) is 2.40. The maximum absolute atomic E-state index is 4.72. The third-order valence-electron chi connectivity index (χ3n) is 3.57. The van der Waals surface area contributed by atoms with Crippen molar-refractivity contribution in [2.75, 3.05) is 0 Å². The molecule has 0 fully saturated rings. The van der Waals surface area contributed by atoms with Crippen LogP contribution >= 0.6 is 0 Å². The second kappa shape index (κ2) is 6.98. The average molecular weight is 292 g/mol. The van der Waals surface area contributed by atoms with E-state index in [2.05, 4.69) is 11.9 Å². The van der Waals surface area contributed by atoms with Gasteiger partial charge < -0.3 is 0 Å². The molecule has 0 unspecified atom stereocenters. The summed E-state index contributed by atoms with van der Waals surface area (Å²) in [5, 5.41) is 4.69. The highest BCUT2D eigenvalue weighted by molar-refractivity contribution is 5.59. The first-order valence-electron chi connectivity index (χ1n) is 7.80. The van der Waals surface area contributed by atoms with Crippen LogP contribution in [-0.4, -0.2) is 19.7 Å². The summed E-state index contributed by atoms with van der Waals surface area (Å²) >= 11 is 0. The third kappa shape index (κ3) is 3.22. The summed E-state index contributed by atoms with van der Waals surface area (Å²) < 4.78 is 1.99. The van der Waals surface area contributed by atoms with Crippen molar-refractivity contribution >= 4 is 0 Å². The van der Waals surface area contributed by atoms with Crippen LogP contribution in [0.5, 0.6) is 0 Å². The molecule has 0 aliphatic carbocycles. The first-order chi connectivity index (χ1) is 10.9. The molecule has 0 spiro atoms. The van der Waals surface area contributed by atoms with Gasteiger partial charge in [0.25, 0.3) is 0 Å². The summed E-state index contributed by atoms with van der Waals surface area (Å²) in [7, 11) is 0. The summed E-state index contributed by atoms with van der Waals surface area (Å²) in [5.41, 5.74) is 1.91. The molecule has 0 amide bonds. The fraction of sp³-hybridized carbons (Fsp3) is 0.278. The van der Waals surface area contributed by atoms with Gasteiger partial charge in [-0.15, -0.1) is 0 Å². The van der Waals surface area contributed by atoms with Crippen LogP contribution in [0.4, 0.5) is 0 Å². The predicted molar refractivity (Wildman–Crippen MR) is 88.2 cm³/mol. The molecule has 0 radical (unpaired) electrons. The molecule has 4 nitrogen and oxygen atoms in total. The highest BCUT2D eigenvalue weighted by atomic mass is 15.3. The molecule has 112 valence electrons. The van der Waals surface area contributed by atoms with Crippen LogP contribution in [-0.2, 0) is 6.54 Å². The molecule has 0 N–H and O–H groups in total. The Balaban J connectivity index is 1.97. The SMILES string of the molecule is CCCCCn1nc(-c2ccccc2)nc1-c1ccccn1. The highest BCUT2D eigenvalue weighted by Crippen LogP contribution is 2.21. The molecule has 0 saturated carbocycles. The third-order valence-corrected chi connectivity index (χ3v) is 3.57. The molecule has 22 heavy (non-hydrogen) atoms. The molecule has 1 aromatic carbocycles. The standard InChI is InChI=1S/C18H20N4/c1-2-3-9-14-22-18(16-12-7-8-13-19-16)20-17(21-22)15-10-5-4-6-11-15/h4-8,10-13H,2-3,9,14H2,1H3. The molecule has 3 rings (SSSR count). The van der Waals surface area contributed by atoms with Crippen molar-refractivity contribution < 1.29 is 0 Å². The van der Waals surface area contributed by atoms with Gasteiger partial charge in [-0.2, -0.15) is 5.10 Å². The molecule has 2 heterocycles. The van der Waals surface area contributed by atoms with Crippen LogP contribution in [0.1, 0.15) is 26.2 Å². The van der Waals surface area contributed by atoms with E-state index >= 15 is 0 Å². The van der Waals surface area contributed by atoms with E-state index in [4.69, 9.17) is 10.1 Å². The van der Waals surface area contributed by atoms with Gasteiger partial charge >= 0.3 is 0 Å². The van der Waals surface area contributed by atoms with E-state index in [0.717, 1.165) is 35.9 Å². The summed E-state index contributed by atoms with van der Waals surface area (Å²) in [5.74, 6) is 1.60. The predicted octanol–water partition coefficient (Wildman–Crippen LogP) is 4.20. The van der Waals surface area contributed by atoms with Gasteiger partial charge in [0, 0.05) is 18.3 Å². The van der Waals surface area contributed by atoms with E-state index < -0.39 is 0 Å². The van der Waals surface area contributed by atoms with Gasteiger partial charge in [0.05, 0.1) is 0 Å². The summed E-state index contributed by atoms with van der Waals surface area (Å²) in [6.45, 7) is 3.08. The van der Waals surface area contributed by atoms with Crippen molar-refractivity contribution in [3.8, 4) is 22.9 Å². The van der Waals surface area contributed by atoms with Gasteiger partial charge in [-0.25, -0.2) is 9.67 Å². The van der Waals surface area contributed by atoms with Gasteiger partial charge in [0.15, 0.2) is 11.6 Å². The van der Waals surface area contributed by atoms with Crippen molar-refractivity contribution in [3.05, 3.63) is 54.7 Å². The van der Waals surface area contributed by atoms with Crippen LogP contribution in [0.15, 0.2) is 54.7 Å². The summed E-state index contributed by atoms with van der Waals surface area (Å²) in [4.78, 5) is 9.14. The van der Waals surface area contributed by atoms with Gasteiger partial charge in [-0.05, 0) is 18.6 Å². The van der Waals surface area contributed by atoms with E-state index in [1.54, 1.807) is 6.20 Å². The van der Waals surface area contributed by atoms with Gasteiger partial charge in [0.2, 0.25) is 0 Å². The van der Waals surface area contributed by atoms with Crippen molar-refractivity contribution in [2.24, 2.45) is 0 Å². The van der Waals surface area contributed by atoms with E-state index in [-0.39, 0.29) is 0 Å². The van der Waals surface area contributed by atoms with Crippen molar-refractivity contribution in [1.82, 2.24) is 19.7 Å². The van der Waals surface area contributed by atoms with E-state index in [1.807, 2.05) is 53.2 Å². The van der Waals surface area contributed by atoms with E-state index in [9.17, 15) is 0 Å². The second-order valence-corrected chi connectivity index (χ2v) is 5.27. The number of aromatic nitrogens is 4. The minimum atomic E-state index is 0.762. The minimum absolute atomic E-state index is 0.762. The Bertz CT molecular complexity index is 704.